The van der Waals surface area contributed by atoms with Crippen molar-refractivity contribution >= 4 is 40.3 Å². The molecule has 3 heterocycles. The number of nitrogens with zero attached hydrogens (tertiary/aromatic N) is 4. The zero-order chi connectivity index (χ0) is 22.1. The van der Waals surface area contributed by atoms with Gasteiger partial charge in [0.15, 0.2) is 0 Å². The van der Waals surface area contributed by atoms with Gasteiger partial charge in [-0.15, -0.1) is 0 Å². The maximum Gasteiger partial charge on any atom is 0.313 e. The molecule has 3 aromatic rings. The number of para-hydroxylation sites is 2. The van der Waals surface area contributed by atoms with Crippen molar-refractivity contribution in [2.45, 2.75) is 32.4 Å². The summed E-state index contributed by atoms with van der Waals surface area (Å²) in [4.78, 5) is 58.3. The number of imidazole rings is 1. The summed E-state index contributed by atoms with van der Waals surface area (Å²) in [5.74, 6) is -2.25. The summed E-state index contributed by atoms with van der Waals surface area (Å²) in [7, 11) is 0. The van der Waals surface area contributed by atoms with E-state index in [1.165, 1.54) is 6.20 Å². The quantitative estimate of drug-likeness (QED) is 0.479. The molecular weight excluding hydrogens is 400 g/mol. The number of rotatable bonds is 4. The average Bonchev–Trinajstić information content (AvgIpc) is 3.29. The highest BCUT2D eigenvalue weighted by molar-refractivity contribution is 6.40. The van der Waals surface area contributed by atoms with Crippen LogP contribution in [-0.4, -0.2) is 55.1 Å². The number of amides is 4. The molecule has 1 aliphatic rings. The number of hydrogen-bond donors (Lipinski definition) is 2. The Morgan fingerprint density at radius 2 is 1.84 bits per heavy atom. The maximum atomic E-state index is 12.3. The summed E-state index contributed by atoms with van der Waals surface area (Å²) in [6.45, 7) is 3.41. The van der Waals surface area contributed by atoms with E-state index in [1.54, 1.807) is 36.9 Å². The smallest absolute Gasteiger partial charge is 0.313 e. The Balaban J connectivity index is 1.40. The van der Waals surface area contributed by atoms with Crippen molar-refractivity contribution in [1.82, 2.24) is 24.8 Å². The maximum absolute atomic E-state index is 12.3. The molecule has 0 aliphatic carbocycles. The minimum absolute atomic E-state index is 0.162. The van der Waals surface area contributed by atoms with E-state index in [0.29, 0.717) is 11.5 Å². The van der Waals surface area contributed by atoms with Crippen LogP contribution in [0.5, 0.6) is 0 Å². The van der Waals surface area contributed by atoms with Gasteiger partial charge in [0.05, 0.1) is 29.3 Å². The van der Waals surface area contributed by atoms with Crippen molar-refractivity contribution < 1.29 is 19.2 Å². The van der Waals surface area contributed by atoms with Gasteiger partial charge in [-0.25, -0.2) is 9.97 Å². The third-order valence-corrected chi connectivity index (χ3v) is 4.92. The molecule has 10 heteroatoms. The number of aromatic nitrogens is 3. The van der Waals surface area contributed by atoms with E-state index < -0.39 is 23.8 Å². The monoisotopic (exact) mass is 420 g/mol. The molecule has 1 atom stereocenters. The summed E-state index contributed by atoms with van der Waals surface area (Å²) in [5, 5.41) is 4.76. The van der Waals surface area contributed by atoms with Gasteiger partial charge in [-0.05, 0) is 38.1 Å². The molecule has 1 saturated heterocycles. The Labute approximate surface area is 177 Å². The molecule has 0 saturated carbocycles. The largest absolute Gasteiger partial charge is 0.335 e. The Hall–Kier alpha value is -4.08. The fourth-order valence-corrected chi connectivity index (χ4v) is 3.46. The van der Waals surface area contributed by atoms with Crippen LogP contribution in [-0.2, 0) is 19.2 Å². The summed E-state index contributed by atoms with van der Waals surface area (Å²) in [5.41, 5.74) is 2.03. The number of carbonyl (C=O) groups excluding carboxylic acids is 4. The van der Waals surface area contributed by atoms with Crippen molar-refractivity contribution in [1.29, 1.82) is 0 Å². The Morgan fingerprint density at radius 1 is 1.06 bits per heavy atom. The fraction of sp³-hybridized carbons (Fsp3) is 0.238. The van der Waals surface area contributed by atoms with Gasteiger partial charge in [-0.3, -0.25) is 28.6 Å². The molecule has 4 amide bonds. The molecule has 0 spiro atoms. The molecule has 0 unspecified atom stereocenters. The van der Waals surface area contributed by atoms with Crippen molar-refractivity contribution in [3.8, 4) is 5.82 Å². The minimum atomic E-state index is -1.04. The van der Waals surface area contributed by atoms with E-state index in [9.17, 15) is 19.2 Å². The topological polar surface area (TPSA) is 126 Å². The van der Waals surface area contributed by atoms with E-state index in [1.807, 2.05) is 24.3 Å². The second-order valence-electron chi connectivity index (χ2n) is 7.39. The average molecular weight is 420 g/mol. The van der Waals surface area contributed by atoms with Gasteiger partial charge in [0, 0.05) is 6.04 Å². The summed E-state index contributed by atoms with van der Waals surface area (Å²) in [6, 6.07) is 9.54. The minimum Gasteiger partial charge on any atom is -0.335 e. The van der Waals surface area contributed by atoms with Crippen LogP contribution in [0, 0.1) is 0 Å². The van der Waals surface area contributed by atoms with Crippen LogP contribution in [0.2, 0.25) is 0 Å². The van der Waals surface area contributed by atoms with Gasteiger partial charge in [-0.1, -0.05) is 12.1 Å². The van der Waals surface area contributed by atoms with Crippen LogP contribution in [0.1, 0.15) is 20.3 Å². The Bertz CT molecular complexity index is 1180. The van der Waals surface area contributed by atoms with Crippen LogP contribution in [0.3, 0.4) is 0 Å². The second-order valence-corrected chi connectivity index (χ2v) is 7.39. The molecule has 0 bridgehead atoms. The molecule has 31 heavy (non-hydrogen) atoms. The number of carbonyl (C=O) groups is 4. The van der Waals surface area contributed by atoms with Crippen molar-refractivity contribution in [2.24, 2.45) is 0 Å². The number of hydrogen-bond acceptors (Lipinski definition) is 6. The van der Waals surface area contributed by atoms with Gasteiger partial charge in [0.2, 0.25) is 5.91 Å². The van der Waals surface area contributed by atoms with E-state index in [-0.39, 0.29) is 18.4 Å². The predicted octanol–water partition coefficient (Wildman–Crippen LogP) is 1.01. The Morgan fingerprint density at radius 3 is 2.52 bits per heavy atom. The number of imide groups is 1. The molecule has 4 rings (SSSR count). The number of nitrogens with one attached hydrogen (secondary N) is 2. The zero-order valence-corrected chi connectivity index (χ0v) is 16.9. The highest BCUT2D eigenvalue weighted by Gasteiger charge is 2.41. The van der Waals surface area contributed by atoms with Crippen molar-refractivity contribution in [3.05, 3.63) is 48.9 Å². The number of benzene rings is 1. The molecule has 1 fully saturated rings. The standard InChI is InChI=1S/C21H20N6O4/c1-12(2)27-18(28)9-15(21(27)31)25-20(30)19(29)24-13-7-8-17(22-10-13)26-11-23-14-5-3-4-6-16(14)26/h3-8,10-12,15H,9H2,1-2H3,(H,24,29)(H,25,30)/t15-/m0/s1. The van der Waals surface area contributed by atoms with Crippen LogP contribution in [0.4, 0.5) is 5.69 Å². The number of pyridine rings is 1. The third-order valence-electron chi connectivity index (χ3n) is 4.92. The van der Waals surface area contributed by atoms with Crippen molar-refractivity contribution in [2.75, 3.05) is 5.32 Å². The van der Waals surface area contributed by atoms with Crippen LogP contribution >= 0.6 is 0 Å². The normalized spacial score (nSPS) is 16.2. The summed E-state index contributed by atoms with van der Waals surface area (Å²) >= 11 is 0. The van der Waals surface area contributed by atoms with E-state index in [0.717, 1.165) is 15.9 Å². The summed E-state index contributed by atoms with van der Waals surface area (Å²) < 4.78 is 1.80. The van der Waals surface area contributed by atoms with E-state index in [2.05, 4.69) is 20.6 Å². The van der Waals surface area contributed by atoms with Crippen molar-refractivity contribution in [3.63, 3.8) is 0 Å². The zero-order valence-electron chi connectivity index (χ0n) is 16.9. The van der Waals surface area contributed by atoms with Crippen LogP contribution in [0.15, 0.2) is 48.9 Å². The lowest BCUT2D eigenvalue weighted by Crippen LogP contribution is -2.47. The van der Waals surface area contributed by atoms with Gasteiger partial charge >= 0.3 is 11.8 Å². The van der Waals surface area contributed by atoms with Gasteiger partial charge in [-0.2, -0.15) is 0 Å². The molecule has 2 aromatic heterocycles. The molecule has 1 aliphatic heterocycles. The lowest BCUT2D eigenvalue weighted by molar-refractivity contribution is -0.142. The lowest BCUT2D eigenvalue weighted by atomic mass is 10.2. The first-order chi connectivity index (χ1) is 14.8. The van der Waals surface area contributed by atoms with E-state index in [4.69, 9.17) is 0 Å². The van der Waals surface area contributed by atoms with Gasteiger partial charge in [0.1, 0.15) is 18.2 Å². The predicted molar refractivity (Wildman–Crippen MR) is 111 cm³/mol. The lowest BCUT2D eigenvalue weighted by Gasteiger charge is -2.19. The molecule has 1 aromatic carbocycles. The highest BCUT2D eigenvalue weighted by Crippen LogP contribution is 2.18. The van der Waals surface area contributed by atoms with E-state index >= 15 is 0 Å². The molecule has 0 radical (unpaired) electrons. The number of likely N-dealkylation sites (tertiary alicyclic amines) is 1. The first kappa shape index (κ1) is 20.2. The SMILES string of the molecule is CC(C)N1C(=O)C[C@H](NC(=O)C(=O)Nc2ccc(-n3cnc4ccccc43)nc2)C1=O. The van der Waals surface area contributed by atoms with Crippen LogP contribution in [0.25, 0.3) is 16.9 Å². The second kappa shape index (κ2) is 7.98. The number of anilines is 1. The van der Waals surface area contributed by atoms with Crippen LogP contribution < -0.4 is 10.6 Å². The highest BCUT2D eigenvalue weighted by atomic mass is 16.2. The Kier molecular flexibility index (Phi) is 5.20. The first-order valence-corrected chi connectivity index (χ1v) is 9.71. The fourth-order valence-electron chi connectivity index (χ4n) is 3.46. The summed E-state index contributed by atoms with van der Waals surface area (Å²) in [6.07, 6.45) is 2.91. The third kappa shape index (κ3) is 3.87. The van der Waals surface area contributed by atoms with Gasteiger partial charge in [0.25, 0.3) is 5.91 Å². The first-order valence-electron chi connectivity index (χ1n) is 9.71. The molecular formula is C21H20N6O4. The van der Waals surface area contributed by atoms with Gasteiger partial charge < -0.3 is 10.6 Å². The number of fused-ring (bicyclic) bond motifs is 1. The molecule has 158 valence electrons. The molecule has 2 N–H and O–H groups in total. The molecule has 10 nitrogen and oxygen atoms in total.